The molecule has 4 aromatic rings. The number of phenols is 1. The number of fused-ring (bicyclic) bond motifs is 1. The average Bonchev–Trinajstić information content (AvgIpc) is 3.04. The first-order valence-corrected chi connectivity index (χ1v) is 8.15. The summed E-state index contributed by atoms with van der Waals surface area (Å²) in [5.74, 6) is 0.360. The maximum absolute atomic E-state index is 10.7. The van der Waals surface area contributed by atoms with E-state index in [9.17, 15) is 5.11 Å². The minimum Gasteiger partial charge on any atom is -0.507 e. The van der Waals surface area contributed by atoms with Gasteiger partial charge in [-0.2, -0.15) is 0 Å². The van der Waals surface area contributed by atoms with Gasteiger partial charge in [-0.15, -0.1) is 0 Å². The first-order chi connectivity index (χ1) is 11.8. The molecule has 0 saturated heterocycles. The lowest BCUT2D eigenvalue weighted by molar-refractivity contribution is 0.463. The number of hydrogen-bond donors (Lipinski definition) is 2. The molecule has 118 valence electrons. The van der Waals surface area contributed by atoms with Crippen LogP contribution in [0.2, 0.25) is 0 Å². The molecule has 0 aliphatic carbocycles. The second kappa shape index (κ2) is 5.89. The lowest BCUT2D eigenvalue weighted by atomic mass is 9.84. The van der Waals surface area contributed by atoms with Crippen LogP contribution in [0.4, 0.5) is 0 Å². The molecule has 2 N–H and O–H groups in total. The number of H-pyrrole nitrogens is 1. The number of aromatic amines is 1. The summed E-state index contributed by atoms with van der Waals surface area (Å²) < 4.78 is 0. The maximum atomic E-state index is 10.7. The zero-order valence-corrected chi connectivity index (χ0v) is 13.5. The second-order valence-electron chi connectivity index (χ2n) is 6.15. The van der Waals surface area contributed by atoms with E-state index in [1.807, 2.05) is 49.4 Å². The van der Waals surface area contributed by atoms with Crippen LogP contribution in [-0.4, -0.2) is 10.1 Å². The van der Waals surface area contributed by atoms with Crippen molar-refractivity contribution in [3.8, 4) is 5.75 Å². The van der Waals surface area contributed by atoms with Crippen molar-refractivity contribution in [2.45, 2.75) is 12.8 Å². The molecular formula is C22H19NO. The fourth-order valence-electron chi connectivity index (χ4n) is 3.42. The molecule has 0 fully saturated rings. The molecule has 0 aliphatic rings. The van der Waals surface area contributed by atoms with Gasteiger partial charge in [0.1, 0.15) is 5.75 Å². The number of benzene rings is 3. The number of nitrogens with one attached hydrogen (secondary N) is 1. The summed E-state index contributed by atoms with van der Waals surface area (Å²) in [6.07, 6.45) is 2.06. The molecule has 0 amide bonds. The standard InChI is InChI=1S/C22H19NO/c1-15-8-7-12-18(22(15)24)21(16-9-3-2-4-10-16)19-14-23-20-13-6-5-11-17(19)20/h2-14,21,23-24H,1H3. The van der Waals surface area contributed by atoms with Gasteiger partial charge >= 0.3 is 0 Å². The normalized spacial score (nSPS) is 12.4. The van der Waals surface area contributed by atoms with E-state index in [-0.39, 0.29) is 5.92 Å². The number of aryl methyl sites for hydroxylation is 1. The summed E-state index contributed by atoms with van der Waals surface area (Å²) in [6.45, 7) is 1.94. The van der Waals surface area contributed by atoms with Crippen LogP contribution in [0.5, 0.6) is 5.75 Å². The van der Waals surface area contributed by atoms with Crippen LogP contribution in [0, 0.1) is 6.92 Å². The van der Waals surface area contributed by atoms with E-state index >= 15 is 0 Å². The SMILES string of the molecule is Cc1cccc(C(c2ccccc2)c2c[nH]c3ccccc23)c1O. The number of aromatic nitrogens is 1. The third-order valence-electron chi connectivity index (χ3n) is 4.65. The molecule has 1 unspecified atom stereocenters. The van der Waals surface area contributed by atoms with E-state index in [0.29, 0.717) is 5.75 Å². The van der Waals surface area contributed by atoms with Gasteiger partial charge in [0.25, 0.3) is 0 Å². The number of aromatic hydroxyl groups is 1. The van der Waals surface area contributed by atoms with Gasteiger partial charge in [0.2, 0.25) is 0 Å². The molecule has 0 radical (unpaired) electrons. The Kier molecular flexibility index (Phi) is 3.58. The summed E-state index contributed by atoms with van der Waals surface area (Å²) in [7, 11) is 0. The van der Waals surface area contributed by atoms with Crippen LogP contribution in [0.3, 0.4) is 0 Å². The summed E-state index contributed by atoms with van der Waals surface area (Å²) >= 11 is 0. The highest BCUT2D eigenvalue weighted by Gasteiger charge is 2.23. The Bertz CT molecular complexity index is 985. The predicted molar refractivity (Wildman–Crippen MR) is 98.5 cm³/mol. The quantitative estimate of drug-likeness (QED) is 0.524. The third-order valence-corrected chi connectivity index (χ3v) is 4.65. The van der Waals surface area contributed by atoms with Crippen molar-refractivity contribution < 1.29 is 5.11 Å². The average molecular weight is 313 g/mol. The van der Waals surface area contributed by atoms with E-state index < -0.39 is 0 Å². The Morgan fingerprint density at radius 2 is 1.54 bits per heavy atom. The number of hydrogen-bond acceptors (Lipinski definition) is 1. The maximum Gasteiger partial charge on any atom is 0.122 e. The number of para-hydroxylation sites is 2. The predicted octanol–water partition coefficient (Wildman–Crippen LogP) is 5.36. The van der Waals surface area contributed by atoms with E-state index in [1.54, 1.807) is 0 Å². The van der Waals surface area contributed by atoms with Crippen molar-refractivity contribution in [2.75, 3.05) is 0 Å². The van der Waals surface area contributed by atoms with E-state index in [1.165, 1.54) is 16.5 Å². The Morgan fingerprint density at radius 1 is 0.792 bits per heavy atom. The number of rotatable bonds is 3. The molecule has 2 nitrogen and oxygen atoms in total. The first kappa shape index (κ1) is 14.6. The fourth-order valence-corrected chi connectivity index (χ4v) is 3.42. The van der Waals surface area contributed by atoms with Gasteiger partial charge in [-0.1, -0.05) is 66.7 Å². The fraction of sp³-hybridized carbons (Fsp3) is 0.0909. The smallest absolute Gasteiger partial charge is 0.122 e. The zero-order valence-electron chi connectivity index (χ0n) is 13.5. The Hall–Kier alpha value is -3.00. The molecule has 1 aromatic heterocycles. The monoisotopic (exact) mass is 313 g/mol. The molecule has 1 atom stereocenters. The summed E-state index contributed by atoms with van der Waals surface area (Å²) in [5, 5.41) is 11.9. The van der Waals surface area contributed by atoms with E-state index in [2.05, 4.69) is 41.5 Å². The molecule has 0 aliphatic heterocycles. The largest absolute Gasteiger partial charge is 0.507 e. The van der Waals surface area contributed by atoms with Crippen LogP contribution >= 0.6 is 0 Å². The van der Waals surface area contributed by atoms with Crippen molar-refractivity contribution in [1.29, 1.82) is 0 Å². The van der Waals surface area contributed by atoms with Crippen LogP contribution in [0.15, 0.2) is 79.0 Å². The first-order valence-electron chi connectivity index (χ1n) is 8.15. The molecule has 0 spiro atoms. The van der Waals surface area contributed by atoms with Gasteiger partial charge in [0, 0.05) is 28.6 Å². The summed E-state index contributed by atoms with van der Waals surface area (Å²) in [4.78, 5) is 3.36. The minimum absolute atomic E-state index is 0.0118. The molecule has 1 heterocycles. The van der Waals surface area contributed by atoms with Crippen molar-refractivity contribution in [3.63, 3.8) is 0 Å². The lowest BCUT2D eigenvalue weighted by Crippen LogP contribution is -2.03. The Balaban J connectivity index is 2.00. The van der Waals surface area contributed by atoms with Crippen molar-refractivity contribution in [2.24, 2.45) is 0 Å². The number of phenolic OH excluding ortho intramolecular Hbond substituents is 1. The summed E-state index contributed by atoms with van der Waals surface area (Å²) in [6, 6.07) is 24.6. The van der Waals surface area contributed by atoms with Crippen molar-refractivity contribution in [1.82, 2.24) is 4.98 Å². The Labute approximate surface area is 141 Å². The van der Waals surface area contributed by atoms with Crippen LogP contribution in [-0.2, 0) is 0 Å². The highest BCUT2D eigenvalue weighted by molar-refractivity contribution is 5.85. The molecule has 0 bridgehead atoms. The van der Waals surface area contributed by atoms with Gasteiger partial charge in [-0.25, -0.2) is 0 Å². The van der Waals surface area contributed by atoms with Crippen LogP contribution in [0.1, 0.15) is 28.2 Å². The second-order valence-corrected chi connectivity index (χ2v) is 6.15. The van der Waals surface area contributed by atoms with E-state index in [0.717, 1.165) is 16.6 Å². The molecule has 3 aromatic carbocycles. The van der Waals surface area contributed by atoms with Gasteiger partial charge in [-0.05, 0) is 29.7 Å². The zero-order chi connectivity index (χ0) is 16.5. The van der Waals surface area contributed by atoms with Gasteiger partial charge in [0.15, 0.2) is 0 Å². The van der Waals surface area contributed by atoms with Gasteiger partial charge in [0.05, 0.1) is 0 Å². The highest BCUT2D eigenvalue weighted by atomic mass is 16.3. The lowest BCUT2D eigenvalue weighted by Gasteiger charge is -2.20. The highest BCUT2D eigenvalue weighted by Crippen LogP contribution is 2.40. The van der Waals surface area contributed by atoms with Crippen LogP contribution in [0.25, 0.3) is 10.9 Å². The Morgan fingerprint density at radius 3 is 2.38 bits per heavy atom. The topological polar surface area (TPSA) is 36.0 Å². The minimum atomic E-state index is -0.0118. The van der Waals surface area contributed by atoms with E-state index in [4.69, 9.17) is 0 Å². The molecule has 0 saturated carbocycles. The third kappa shape index (κ3) is 2.37. The molecule has 4 rings (SSSR count). The van der Waals surface area contributed by atoms with Crippen molar-refractivity contribution >= 4 is 10.9 Å². The molecule has 24 heavy (non-hydrogen) atoms. The summed E-state index contributed by atoms with van der Waals surface area (Å²) in [5.41, 5.74) is 5.29. The van der Waals surface area contributed by atoms with Crippen molar-refractivity contribution in [3.05, 3.63) is 101 Å². The van der Waals surface area contributed by atoms with Crippen LogP contribution < -0.4 is 0 Å². The van der Waals surface area contributed by atoms with Gasteiger partial charge < -0.3 is 10.1 Å². The molecule has 2 heteroatoms. The van der Waals surface area contributed by atoms with Gasteiger partial charge in [-0.3, -0.25) is 0 Å². The molecular weight excluding hydrogens is 294 g/mol.